The summed E-state index contributed by atoms with van der Waals surface area (Å²) in [6.45, 7) is 12.7. The molecule has 0 aromatic carbocycles. The van der Waals surface area contributed by atoms with Crippen LogP contribution >= 0.6 is 0 Å². The van der Waals surface area contributed by atoms with E-state index in [1.807, 2.05) is 19.9 Å². The summed E-state index contributed by atoms with van der Waals surface area (Å²) in [5.41, 5.74) is 2.64. The van der Waals surface area contributed by atoms with Gasteiger partial charge in [-0.3, -0.25) is 0 Å². The van der Waals surface area contributed by atoms with Crippen LogP contribution in [0.25, 0.3) is 0 Å². The molecule has 3 atom stereocenters. The molecule has 0 bridgehead atoms. The molecule has 3 unspecified atom stereocenters. The van der Waals surface area contributed by atoms with E-state index in [-0.39, 0.29) is 0 Å². The molecular weight excluding hydrogens is 256 g/mol. The van der Waals surface area contributed by atoms with Gasteiger partial charge in [0.2, 0.25) is 0 Å². The van der Waals surface area contributed by atoms with Crippen LogP contribution in [0.5, 0.6) is 0 Å². The second kappa shape index (κ2) is 6.12. The molecule has 0 amide bonds. The van der Waals surface area contributed by atoms with Crippen molar-refractivity contribution in [3.63, 3.8) is 0 Å². The Morgan fingerprint density at radius 3 is 2.81 bits per heavy atom. The van der Waals surface area contributed by atoms with Crippen LogP contribution in [-0.2, 0) is 0 Å². The standard InChI is InChI=1S/C20H32O/c1-15-8-6-9-16(2)17-14-18(17)20(5,13-10-15)12-7-11-19(3,4)21/h7-8,11,17-18,21H,2,6,9-10,12-14H2,1,3-5H3. The van der Waals surface area contributed by atoms with Gasteiger partial charge in [0.25, 0.3) is 0 Å². The molecule has 21 heavy (non-hydrogen) atoms. The van der Waals surface area contributed by atoms with Crippen molar-refractivity contribution in [1.82, 2.24) is 0 Å². The Morgan fingerprint density at radius 1 is 1.43 bits per heavy atom. The van der Waals surface area contributed by atoms with Gasteiger partial charge in [0, 0.05) is 0 Å². The van der Waals surface area contributed by atoms with Gasteiger partial charge >= 0.3 is 0 Å². The van der Waals surface area contributed by atoms with Gasteiger partial charge in [-0.25, -0.2) is 0 Å². The lowest BCUT2D eigenvalue weighted by molar-refractivity contribution is 0.132. The zero-order valence-corrected chi connectivity index (χ0v) is 14.3. The van der Waals surface area contributed by atoms with E-state index in [9.17, 15) is 5.11 Å². The first-order valence-corrected chi connectivity index (χ1v) is 8.45. The normalized spacial score (nSPS) is 34.5. The molecule has 2 rings (SSSR count). The monoisotopic (exact) mass is 288 g/mol. The largest absolute Gasteiger partial charge is 0.386 e. The molecule has 1 heteroatoms. The third-order valence-corrected chi connectivity index (χ3v) is 5.37. The first kappa shape index (κ1) is 16.5. The summed E-state index contributed by atoms with van der Waals surface area (Å²) in [6.07, 6.45) is 13.7. The molecule has 0 aromatic rings. The van der Waals surface area contributed by atoms with Crippen molar-refractivity contribution in [2.45, 2.75) is 71.8 Å². The maximum Gasteiger partial charge on any atom is 0.0771 e. The number of aliphatic hydroxyl groups is 1. The van der Waals surface area contributed by atoms with Gasteiger partial charge in [0.05, 0.1) is 5.60 Å². The minimum atomic E-state index is -0.700. The first-order chi connectivity index (χ1) is 9.71. The highest BCUT2D eigenvalue weighted by molar-refractivity contribution is 5.18. The smallest absolute Gasteiger partial charge is 0.0771 e. The number of hydrogen-bond acceptors (Lipinski definition) is 1. The summed E-state index contributed by atoms with van der Waals surface area (Å²) in [4.78, 5) is 0. The lowest BCUT2D eigenvalue weighted by Gasteiger charge is -2.31. The predicted octanol–water partition coefficient (Wildman–Crippen LogP) is 5.42. The molecule has 118 valence electrons. The number of hydrogen-bond donors (Lipinski definition) is 1. The summed E-state index contributed by atoms with van der Waals surface area (Å²) >= 11 is 0. The van der Waals surface area contributed by atoms with E-state index in [0.717, 1.165) is 24.7 Å². The average molecular weight is 288 g/mol. The van der Waals surface area contributed by atoms with Crippen molar-refractivity contribution in [2.75, 3.05) is 0 Å². The van der Waals surface area contributed by atoms with E-state index in [1.54, 1.807) is 0 Å². The fraction of sp³-hybridized carbons (Fsp3) is 0.700. The molecule has 1 N–H and O–H groups in total. The highest BCUT2D eigenvalue weighted by atomic mass is 16.3. The molecule has 1 fully saturated rings. The lowest BCUT2D eigenvalue weighted by atomic mass is 9.74. The van der Waals surface area contributed by atoms with E-state index in [1.165, 1.54) is 36.8 Å². The van der Waals surface area contributed by atoms with E-state index in [4.69, 9.17) is 0 Å². The molecule has 1 nitrogen and oxygen atoms in total. The molecule has 0 saturated heterocycles. The van der Waals surface area contributed by atoms with Crippen LogP contribution in [0.2, 0.25) is 0 Å². The minimum Gasteiger partial charge on any atom is -0.386 e. The zero-order valence-electron chi connectivity index (χ0n) is 14.3. The zero-order chi connectivity index (χ0) is 15.7. The average Bonchev–Trinajstić information content (AvgIpc) is 3.14. The maximum atomic E-state index is 9.86. The molecular formula is C20H32O. The van der Waals surface area contributed by atoms with Crippen molar-refractivity contribution in [2.24, 2.45) is 17.3 Å². The third-order valence-electron chi connectivity index (χ3n) is 5.37. The van der Waals surface area contributed by atoms with E-state index in [2.05, 4.69) is 32.6 Å². The molecule has 0 aliphatic heterocycles. The SMILES string of the molecule is C=C1CCC=C(C)CCC(C)(CC=CC(C)(C)O)C2CC12. The van der Waals surface area contributed by atoms with Gasteiger partial charge in [-0.2, -0.15) is 0 Å². The highest BCUT2D eigenvalue weighted by Gasteiger charge is 2.49. The second-order valence-electron chi connectivity index (χ2n) is 8.11. The van der Waals surface area contributed by atoms with Crippen molar-refractivity contribution < 1.29 is 5.11 Å². The van der Waals surface area contributed by atoms with Crippen LogP contribution in [0.3, 0.4) is 0 Å². The van der Waals surface area contributed by atoms with Crippen LogP contribution in [0.4, 0.5) is 0 Å². The first-order valence-electron chi connectivity index (χ1n) is 8.45. The Morgan fingerprint density at radius 2 is 2.14 bits per heavy atom. The van der Waals surface area contributed by atoms with Crippen LogP contribution < -0.4 is 0 Å². The Hall–Kier alpha value is -0.820. The van der Waals surface area contributed by atoms with E-state index >= 15 is 0 Å². The van der Waals surface area contributed by atoms with Crippen LogP contribution in [-0.4, -0.2) is 10.7 Å². The van der Waals surface area contributed by atoms with Crippen LogP contribution in [0.15, 0.2) is 36.0 Å². The lowest BCUT2D eigenvalue weighted by Crippen LogP contribution is -2.21. The molecule has 0 radical (unpaired) electrons. The van der Waals surface area contributed by atoms with Crippen molar-refractivity contribution in [3.05, 3.63) is 36.0 Å². The topological polar surface area (TPSA) is 20.2 Å². The van der Waals surface area contributed by atoms with Crippen LogP contribution in [0.1, 0.15) is 66.2 Å². The van der Waals surface area contributed by atoms with E-state index in [0.29, 0.717) is 5.41 Å². The van der Waals surface area contributed by atoms with Crippen molar-refractivity contribution >= 4 is 0 Å². The second-order valence-corrected chi connectivity index (χ2v) is 8.11. The van der Waals surface area contributed by atoms with Gasteiger partial charge in [-0.15, -0.1) is 0 Å². The summed E-state index contributed by atoms with van der Waals surface area (Å²) in [5, 5.41) is 9.86. The molecule has 2 aliphatic carbocycles. The van der Waals surface area contributed by atoms with Gasteiger partial charge in [-0.1, -0.05) is 42.9 Å². The molecule has 0 spiro atoms. The van der Waals surface area contributed by atoms with Crippen molar-refractivity contribution in [3.8, 4) is 0 Å². The summed E-state index contributed by atoms with van der Waals surface area (Å²) in [6, 6.07) is 0. The van der Waals surface area contributed by atoms with Gasteiger partial charge in [0.1, 0.15) is 0 Å². The van der Waals surface area contributed by atoms with Gasteiger partial charge in [0.15, 0.2) is 0 Å². The van der Waals surface area contributed by atoms with E-state index < -0.39 is 5.60 Å². The number of fused-ring (bicyclic) bond motifs is 1. The fourth-order valence-corrected chi connectivity index (χ4v) is 3.75. The molecule has 0 aromatic heterocycles. The Balaban J connectivity index is 2.11. The number of rotatable bonds is 3. The third kappa shape index (κ3) is 4.57. The summed E-state index contributed by atoms with van der Waals surface area (Å²) in [7, 11) is 0. The molecule has 0 heterocycles. The Kier molecular flexibility index (Phi) is 4.82. The Bertz CT molecular complexity index is 449. The Labute approximate surface area is 130 Å². The predicted molar refractivity (Wildman–Crippen MR) is 91.1 cm³/mol. The maximum absolute atomic E-state index is 9.86. The summed E-state index contributed by atoms with van der Waals surface area (Å²) in [5.74, 6) is 1.54. The number of allylic oxidation sites excluding steroid dienone is 4. The fourth-order valence-electron chi connectivity index (χ4n) is 3.75. The van der Waals surface area contributed by atoms with Crippen molar-refractivity contribution in [1.29, 1.82) is 0 Å². The van der Waals surface area contributed by atoms with Crippen LogP contribution in [0, 0.1) is 17.3 Å². The summed E-state index contributed by atoms with van der Waals surface area (Å²) < 4.78 is 0. The van der Waals surface area contributed by atoms with Gasteiger partial charge in [-0.05, 0) is 76.5 Å². The quantitative estimate of drug-likeness (QED) is 0.687. The van der Waals surface area contributed by atoms with Gasteiger partial charge < -0.3 is 5.11 Å². The highest BCUT2D eigenvalue weighted by Crippen LogP contribution is 2.58. The minimum absolute atomic E-state index is 0.349. The molecule has 1 saturated carbocycles. The molecule has 2 aliphatic rings.